The van der Waals surface area contributed by atoms with E-state index in [1.165, 1.54) is 11.6 Å². The normalized spacial score (nSPS) is 11.6. The minimum atomic E-state index is -0.642. The van der Waals surface area contributed by atoms with E-state index in [-0.39, 0.29) is 0 Å². The molecule has 0 amide bonds. The van der Waals surface area contributed by atoms with E-state index in [1.807, 2.05) is 19.9 Å². The summed E-state index contributed by atoms with van der Waals surface area (Å²) in [4.78, 5) is 0. The highest BCUT2D eigenvalue weighted by Gasteiger charge is 1.97. The van der Waals surface area contributed by atoms with Gasteiger partial charge < -0.3 is 0 Å². The number of halogens is 1. The largest absolute Gasteiger partial charge is 0.198 e. The maximum absolute atomic E-state index is 12.5. The molecular weight excluding hydrogens is 153 g/mol. The first-order valence-electron chi connectivity index (χ1n) is 3.96. The summed E-state index contributed by atoms with van der Waals surface area (Å²) < 4.78 is 12.5. The maximum Gasteiger partial charge on any atom is 0.198 e. The molecule has 0 aromatic rings. The molecule has 0 aliphatic rings. The van der Waals surface area contributed by atoms with Crippen LogP contribution in [0.15, 0.2) is 23.0 Å². The van der Waals surface area contributed by atoms with Crippen molar-refractivity contribution in [1.82, 2.24) is 0 Å². The molecule has 1 nitrogen and oxygen atoms in total. The average Bonchev–Trinajstić information content (AvgIpc) is 2.02. The van der Waals surface area contributed by atoms with Gasteiger partial charge in [0.15, 0.2) is 5.83 Å². The zero-order valence-electron chi connectivity index (χ0n) is 7.82. The number of hydrogen-bond donors (Lipinski definition) is 0. The third kappa shape index (κ3) is 4.68. The summed E-state index contributed by atoms with van der Waals surface area (Å²) in [6.07, 6.45) is 3.47. The molecule has 2 heteroatoms. The van der Waals surface area contributed by atoms with Crippen LogP contribution < -0.4 is 0 Å². The molecule has 0 spiro atoms. The number of hydrogen-bond acceptors (Lipinski definition) is 1. The molecule has 0 saturated carbocycles. The lowest BCUT2D eigenvalue weighted by atomic mass is 10.1. The first-order chi connectivity index (χ1) is 5.57. The molecule has 0 N–H and O–H groups in total. The molecular formula is C10H14FN. The number of rotatable bonds is 3. The van der Waals surface area contributed by atoms with Gasteiger partial charge in [0.2, 0.25) is 0 Å². The van der Waals surface area contributed by atoms with Gasteiger partial charge in [0.05, 0.1) is 0 Å². The van der Waals surface area contributed by atoms with Crippen molar-refractivity contribution in [3.05, 3.63) is 23.0 Å². The minimum absolute atomic E-state index is 0.537. The lowest BCUT2D eigenvalue weighted by Gasteiger charge is -1.96. The first kappa shape index (κ1) is 10.9. The Morgan fingerprint density at radius 3 is 2.42 bits per heavy atom. The first-order valence-corrected chi connectivity index (χ1v) is 3.96. The molecule has 0 aromatic heterocycles. The van der Waals surface area contributed by atoms with Crippen LogP contribution in [-0.4, -0.2) is 0 Å². The van der Waals surface area contributed by atoms with E-state index in [0.29, 0.717) is 12.0 Å². The molecule has 0 rings (SSSR count). The second-order valence-electron chi connectivity index (χ2n) is 3.03. The summed E-state index contributed by atoms with van der Waals surface area (Å²) in [7, 11) is 0. The molecule has 0 heterocycles. The van der Waals surface area contributed by atoms with Crippen LogP contribution in [0.1, 0.15) is 33.6 Å². The average molecular weight is 167 g/mol. The fourth-order valence-corrected chi connectivity index (χ4v) is 0.783. The van der Waals surface area contributed by atoms with Crippen molar-refractivity contribution in [1.29, 1.82) is 5.26 Å². The third-order valence-corrected chi connectivity index (χ3v) is 1.54. The van der Waals surface area contributed by atoms with Gasteiger partial charge in [-0.25, -0.2) is 0 Å². The molecule has 0 aromatic carbocycles. The Hall–Kier alpha value is -1.10. The van der Waals surface area contributed by atoms with Gasteiger partial charge in [0.25, 0.3) is 0 Å². The SMILES string of the molecule is CC(C)=CCC/C(C)=C(\F)C#N. The summed E-state index contributed by atoms with van der Waals surface area (Å²) in [5.74, 6) is -0.642. The fraction of sp³-hybridized carbons (Fsp3) is 0.500. The summed E-state index contributed by atoms with van der Waals surface area (Å²) >= 11 is 0. The topological polar surface area (TPSA) is 23.8 Å². The summed E-state index contributed by atoms with van der Waals surface area (Å²) in [5, 5.41) is 8.22. The number of allylic oxidation sites excluding steroid dienone is 4. The second-order valence-corrected chi connectivity index (χ2v) is 3.03. The van der Waals surface area contributed by atoms with Gasteiger partial charge in [0, 0.05) is 0 Å². The maximum atomic E-state index is 12.5. The van der Waals surface area contributed by atoms with Crippen molar-refractivity contribution >= 4 is 0 Å². The zero-order chi connectivity index (χ0) is 9.56. The van der Waals surface area contributed by atoms with Gasteiger partial charge in [-0.3, -0.25) is 0 Å². The molecule has 0 unspecified atom stereocenters. The summed E-state index contributed by atoms with van der Waals surface area (Å²) in [5.41, 5.74) is 1.76. The Morgan fingerprint density at radius 1 is 1.42 bits per heavy atom. The Balaban J connectivity index is 3.97. The van der Waals surface area contributed by atoms with E-state index < -0.39 is 5.83 Å². The van der Waals surface area contributed by atoms with Crippen LogP contribution in [0.3, 0.4) is 0 Å². The van der Waals surface area contributed by atoms with Crippen LogP contribution in [0.25, 0.3) is 0 Å². The summed E-state index contributed by atoms with van der Waals surface area (Å²) in [6, 6.07) is 1.50. The van der Waals surface area contributed by atoms with Crippen molar-refractivity contribution in [3.8, 4) is 6.07 Å². The zero-order valence-corrected chi connectivity index (χ0v) is 7.82. The van der Waals surface area contributed by atoms with Gasteiger partial charge in [-0.2, -0.15) is 9.65 Å². The van der Waals surface area contributed by atoms with E-state index in [0.717, 1.165) is 6.42 Å². The van der Waals surface area contributed by atoms with E-state index in [2.05, 4.69) is 0 Å². The van der Waals surface area contributed by atoms with Crippen LogP contribution >= 0.6 is 0 Å². The van der Waals surface area contributed by atoms with Crippen molar-refractivity contribution < 1.29 is 4.39 Å². The van der Waals surface area contributed by atoms with Crippen LogP contribution in [0, 0.1) is 11.3 Å². The Morgan fingerprint density at radius 2 is 2.00 bits per heavy atom. The lowest BCUT2D eigenvalue weighted by molar-refractivity contribution is 0.650. The van der Waals surface area contributed by atoms with E-state index in [4.69, 9.17) is 5.26 Å². The number of nitriles is 1. The van der Waals surface area contributed by atoms with E-state index >= 15 is 0 Å². The molecule has 0 saturated heterocycles. The summed E-state index contributed by atoms with van der Waals surface area (Å²) in [6.45, 7) is 5.65. The van der Waals surface area contributed by atoms with Gasteiger partial charge in [-0.15, -0.1) is 0 Å². The predicted molar refractivity (Wildman–Crippen MR) is 48.1 cm³/mol. The molecule has 0 aliphatic carbocycles. The molecule has 0 aliphatic heterocycles. The van der Waals surface area contributed by atoms with Crippen molar-refractivity contribution in [2.75, 3.05) is 0 Å². The van der Waals surface area contributed by atoms with Crippen LogP contribution in [0.2, 0.25) is 0 Å². The number of nitrogens with zero attached hydrogens (tertiary/aromatic N) is 1. The molecule has 66 valence electrons. The smallest absolute Gasteiger partial charge is 0.195 e. The molecule has 0 radical (unpaired) electrons. The van der Waals surface area contributed by atoms with Crippen molar-refractivity contribution in [2.24, 2.45) is 0 Å². The highest BCUT2D eigenvalue weighted by atomic mass is 19.1. The van der Waals surface area contributed by atoms with Crippen LogP contribution in [0.4, 0.5) is 4.39 Å². The molecule has 0 bridgehead atoms. The Kier molecular flexibility index (Phi) is 5.03. The monoisotopic (exact) mass is 167 g/mol. The molecule has 0 fully saturated rings. The van der Waals surface area contributed by atoms with Gasteiger partial charge in [0.1, 0.15) is 6.07 Å². The van der Waals surface area contributed by atoms with Gasteiger partial charge in [-0.05, 0) is 39.2 Å². The second kappa shape index (κ2) is 5.54. The molecule has 0 atom stereocenters. The van der Waals surface area contributed by atoms with Gasteiger partial charge in [-0.1, -0.05) is 11.6 Å². The third-order valence-electron chi connectivity index (χ3n) is 1.54. The lowest BCUT2D eigenvalue weighted by Crippen LogP contribution is -1.80. The van der Waals surface area contributed by atoms with Crippen molar-refractivity contribution in [2.45, 2.75) is 33.6 Å². The standard InChI is InChI=1S/C10H14FN/c1-8(2)5-4-6-9(3)10(11)7-12/h5H,4,6H2,1-3H3/b10-9-. The molecule has 12 heavy (non-hydrogen) atoms. The van der Waals surface area contributed by atoms with Crippen LogP contribution in [-0.2, 0) is 0 Å². The Labute approximate surface area is 73.2 Å². The predicted octanol–water partition coefficient (Wildman–Crippen LogP) is 3.50. The van der Waals surface area contributed by atoms with Crippen LogP contribution in [0.5, 0.6) is 0 Å². The highest BCUT2D eigenvalue weighted by molar-refractivity contribution is 5.19. The van der Waals surface area contributed by atoms with E-state index in [9.17, 15) is 4.39 Å². The minimum Gasteiger partial charge on any atom is -0.195 e. The van der Waals surface area contributed by atoms with Crippen molar-refractivity contribution in [3.63, 3.8) is 0 Å². The van der Waals surface area contributed by atoms with Gasteiger partial charge >= 0.3 is 0 Å². The quantitative estimate of drug-likeness (QED) is 0.466. The Bertz CT molecular complexity index is 239. The van der Waals surface area contributed by atoms with E-state index in [1.54, 1.807) is 6.92 Å². The highest BCUT2D eigenvalue weighted by Crippen LogP contribution is 2.11. The fourth-order valence-electron chi connectivity index (χ4n) is 0.783.